The third-order valence-corrected chi connectivity index (χ3v) is 6.02. The fourth-order valence-corrected chi connectivity index (χ4v) is 4.86. The van der Waals surface area contributed by atoms with Gasteiger partial charge in [0, 0.05) is 49.4 Å². The summed E-state index contributed by atoms with van der Waals surface area (Å²) in [6, 6.07) is 7.64. The number of nitrogens with one attached hydrogen (secondary N) is 1. The molecule has 0 unspecified atom stereocenters. The molecule has 0 radical (unpaired) electrons. The van der Waals surface area contributed by atoms with Crippen molar-refractivity contribution in [1.82, 2.24) is 9.47 Å². The number of anilines is 1. The molecular weight excluding hydrogens is 419 g/mol. The number of piperidine rings is 1. The summed E-state index contributed by atoms with van der Waals surface area (Å²) in [4.78, 5) is 37.0. The van der Waals surface area contributed by atoms with Crippen LogP contribution in [0, 0.1) is 16.0 Å². The molecule has 2 atom stereocenters. The highest BCUT2D eigenvalue weighted by molar-refractivity contribution is 6.40. The van der Waals surface area contributed by atoms with E-state index in [1.165, 1.54) is 0 Å². The molecule has 1 amide bonds. The SMILES string of the molecule is O=C(CN1C[C@@H]2C[C@@H](C1)c1cccc(=O)n1C2)Nc1c(Cl)cc([N+](=O)[O-])cc1Cl. The van der Waals surface area contributed by atoms with Crippen molar-refractivity contribution in [3.8, 4) is 0 Å². The molecule has 2 aliphatic heterocycles. The highest BCUT2D eigenvalue weighted by atomic mass is 35.5. The van der Waals surface area contributed by atoms with Crippen LogP contribution in [0.2, 0.25) is 10.0 Å². The molecule has 4 rings (SSSR count). The summed E-state index contributed by atoms with van der Waals surface area (Å²) in [6.45, 7) is 2.19. The normalized spacial score (nSPS) is 20.8. The lowest BCUT2D eigenvalue weighted by Gasteiger charge is -2.42. The number of benzene rings is 1. The fourth-order valence-electron chi connectivity index (χ4n) is 4.29. The van der Waals surface area contributed by atoms with Gasteiger partial charge in [0.1, 0.15) is 0 Å². The Kier molecular flexibility index (Phi) is 5.33. The first-order chi connectivity index (χ1) is 13.8. The van der Waals surface area contributed by atoms with Gasteiger partial charge in [0.2, 0.25) is 5.91 Å². The molecule has 3 heterocycles. The smallest absolute Gasteiger partial charge is 0.272 e. The number of fused-ring (bicyclic) bond motifs is 4. The summed E-state index contributed by atoms with van der Waals surface area (Å²) >= 11 is 12.1. The first-order valence-corrected chi connectivity index (χ1v) is 9.93. The number of halogens is 2. The highest BCUT2D eigenvalue weighted by Gasteiger charge is 2.35. The number of likely N-dealkylation sites (tertiary alicyclic amines) is 1. The zero-order valence-electron chi connectivity index (χ0n) is 15.3. The number of pyridine rings is 1. The number of rotatable bonds is 4. The van der Waals surface area contributed by atoms with Gasteiger partial charge in [0.05, 0.1) is 27.2 Å². The van der Waals surface area contributed by atoms with Gasteiger partial charge < -0.3 is 9.88 Å². The number of nitro benzene ring substituents is 1. The van der Waals surface area contributed by atoms with E-state index in [-0.39, 0.29) is 45.3 Å². The summed E-state index contributed by atoms with van der Waals surface area (Å²) in [6.07, 6.45) is 1.00. The number of aromatic nitrogens is 1. The van der Waals surface area contributed by atoms with Crippen LogP contribution in [-0.2, 0) is 11.3 Å². The van der Waals surface area contributed by atoms with Gasteiger partial charge in [0.25, 0.3) is 11.2 Å². The van der Waals surface area contributed by atoms with Crippen molar-refractivity contribution in [2.45, 2.75) is 18.9 Å². The predicted octanol–water partition coefficient (Wildman–Crippen LogP) is 3.12. The van der Waals surface area contributed by atoms with Gasteiger partial charge in [-0.15, -0.1) is 0 Å². The number of non-ortho nitro benzene ring substituents is 1. The molecule has 0 spiro atoms. The van der Waals surface area contributed by atoms with Gasteiger partial charge in [-0.3, -0.25) is 24.6 Å². The molecule has 0 saturated carbocycles. The lowest BCUT2D eigenvalue weighted by Crippen LogP contribution is -2.49. The predicted molar refractivity (Wildman–Crippen MR) is 110 cm³/mol. The Hall–Kier alpha value is -2.42. The minimum atomic E-state index is -0.598. The largest absolute Gasteiger partial charge is 0.322 e. The molecule has 1 N–H and O–H groups in total. The van der Waals surface area contributed by atoms with Crippen LogP contribution in [0.3, 0.4) is 0 Å². The van der Waals surface area contributed by atoms with Crippen LogP contribution < -0.4 is 10.9 Å². The summed E-state index contributed by atoms with van der Waals surface area (Å²) in [5, 5.41) is 13.6. The van der Waals surface area contributed by atoms with E-state index >= 15 is 0 Å². The zero-order chi connectivity index (χ0) is 20.7. The molecule has 2 aromatic rings. The van der Waals surface area contributed by atoms with Crippen molar-refractivity contribution in [2.75, 3.05) is 25.0 Å². The minimum absolute atomic E-state index is 0.0152. The molecular formula is C19H18Cl2N4O4. The van der Waals surface area contributed by atoms with Crippen molar-refractivity contribution in [2.24, 2.45) is 5.92 Å². The summed E-state index contributed by atoms with van der Waals surface area (Å²) in [5.41, 5.74) is 0.958. The Morgan fingerprint density at radius 3 is 2.62 bits per heavy atom. The molecule has 1 aromatic carbocycles. The van der Waals surface area contributed by atoms with E-state index in [1.54, 1.807) is 12.1 Å². The van der Waals surface area contributed by atoms with E-state index < -0.39 is 4.92 Å². The Morgan fingerprint density at radius 2 is 1.93 bits per heavy atom. The average Bonchev–Trinajstić information content (AvgIpc) is 2.65. The van der Waals surface area contributed by atoms with Crippen LogP contribution in [0.4, 0.5) is 11.4 Å². The Morgan fingerprint density at radius 1 is 1.21 bits per heavy atom. The lowest BCUT2D eigenvalue weighted by atomic mass is 9.83. The van der Waals surface area contributed by atoms with Gasteiger partial charge >= 0.3 is 0 Å². The van der Waals surface area contributed by atoms with Gasteiger partial charge in [-0.2, -0.15) is 0 Å². The molecule has 152 valence electrons. The monoisotopic (exact) mass is 436 g/mol. The second kappa shape index (κ2) is 7.78. The second-order valence-electron chi connectivity index (χ2n) is 7.48. The maximum Gasteiger partial charge on any atom is 0.272 e. The third kappa shape index (κ3) is 4.01. The Bertz CT molecular complexity index is 1030. The number of carbonyl (C=O) groups excluding carboxylic acids is 1. The summed E-state index contributed by atoms with van der Waals surface area (Å²) in [5.74, 6) is 0.213. The van der Waals surface area contributed by atoms with Gasteiger partial charge in [-0.25, -0.2) is 0 Å². The Balaban J connectivity index is 1.45. The molecule has 8 nitrogen and oxygen atoms in total. The number of amides is 1. The van der Waals surface area contributed by atoms with Crippen molar-refractivity contribution >= 4 is 40.5 Å². The van der Waals surface area contributed by atoms with Crippen LogP contribution >= 0.6 is 23.2 Å². The number of hydrogen-bond donors (Lipinski definition) is 1. The van der Waals surface area contributed by atoms with Gasteiger partial charge in [-0.1, -0.05) is 29.3 Å². The fraction of sp³-hybridized carbons (Fsp3) is 0.368. The third-order valence-electron chi connectivity index (χ3n) is 5.42. The standard InChI is InChI=1S/C19H18Cl2N4O4/c20-14-5-13(25(28)29)6-15(21)19(14)22-17(26)10-23-7-11-4-12(9-23)16-2-1-3-18(27)24(16)8-11/h1-3,5-6,11-12H,4,7-10H2,(H,22,26)/t11-,12-/m0/s1. The van der Waals surface area contributed by atoms with E-state index in [1.807, 2.05) is 10.6 Å². The molecule has 10 heteroatoms. The number of carbonyl (C=O) groups is 1. The summed E-state index contributed by atoms with van der Waals surface area (Å²) in [7, 11) is 0. The van der Waals surface area contributed by atoms with E-state index in [4.69, 9.17) is 23.2 Å². The molecule has 2 aliphatic rings. The van der Waals surface area contributed by atoms with E-state index in [0.29, 0.717) is 25.6 Å². The van der Waals surface area contributed by atoms with Gasteiger partial charge in [0.15, 0.2) is 0 Å². The van der Waals surface area contributed by atoms with E-state index in [2.05, 4.69) is 10.2 Å². The second-order valence-corrected chi connectivity index (χ2v) is 8.30. The van der Waals surface area contributed by atoms with Crippen LogP contribution in [0.25, 0.3) is 0 Å². The van der Waals surface area contributed by atoms with Crippen LogP contribution in [-0.4, -0.2) is 39.9 Å². The first kappa shape index (κ1) is 19.9. The number of nitro groups is 1. The first-order valence-electron chi connectivity index (χ1n) is 9.17. The van der Waals surface area contributed by atoms with Crippen molar-refractivity contribution in [1.29, 1.82) is 0 Å². The maximum absolute atomic E-state index is 12.6. The van der Waals surface area contributed by atoms with E-state index in [0.717, 1.165) is 24.2 Å². The maximum atomic E-state index is 12.6. The molecule has 1 aromatic heterocycles. The lowest BCUT2D eigenvalue weighted by molar-refractivity contribution is -0.384. The van der Waals surface area contributed by atoms with Crippen molar-refractivity contribution in [3.05, 3.63) is 66.5 Å². The van der Waals surface area contributed by atoms with Crippen molar-refractivity contribution in [3.63, 3.8) is 0 Å². The average molecular weight is 437 g/mol. The van der Waals surface area contributed by atoms with E-state index in [9.17, 15) is 19.7 Å². The Labute approximate surface area is 176 Å². The van der Waals surface area contributed by atoms with Crippen molar-refractivity contribution < 1.29 is 9.72 Å². The zero-order valence-corrected chi connectivity index (χ0v) is 16.8. The molecule has 1 saturated heterocycles. The van der Waals surface area contributed by atoms with Gasteiger partial charge in [-0.05, 0) is 18.4 Å². The molecule has 1 fully saturated rings. The summed E-state index contributed by atoms with van der Waals surface area (Å²) < 4.78 is 1.84. The van der Waals surface area contributed by atoms with Crippen LogP contribution in [0.5, 0.6) is 0 Å². The molecule has 0 aliphatic carbocycles. The molecule has 2 bridgehead atoms. The molecule has 29 heavy (non-hydrogen) atoms. The number of hydrogen-bond acceptors (Lipinski definition) is 5. The topological polar surface area (TPSA) is 97.5 Å². The van der Waals surface area contributed by atoms with Crippen LogP contribution in [0.15, 0.2) is 35.1 Å². The quantitative estimate of drug-likeness (QED) is 0.586. The van der Waals surface area contributed by atoms with Crippen LogP contribution in [0.1, 0.15) is 18.0 Å². The minimum Gasteiger partial charge on any atom is -0.322 e. The number of nitrogens with zero attached hydrogens (tertiary/aromatic N) is 3. The highest BCUT2D eigenvalue weighted by Crippen LogP contribution is 2.36.